The fourth-order valence-electron chi connectivity index (χ4n) is 1.88. The van der Waals surface area contributed by atoms with Crippen molar-refractivity contribution in [2.45, 2.75) is 0 Å². The SMILES string of the molecule is COc1ccc(C2=C(c3ccccc3)N=[N+]N2)cn1. The van der Waals surface area contributed by atoms with E-state index >= 15 is 0 Å². The molecule has 1 radical (unpaired) electrons. The largest absolute Gasteiger partial charge is 0.481 e. The van der Waals surface area contributed by atoms with Crippen LogP contribution in [-0.4, -0.2) is 12.1 Å². The zero-order chi connectivity index (χ0) is 13.1. The van der Waals surface area contributed by atoms with Gasteiger partial charge in [0.05, 0.1) is 7.11 Å². The summed E-state index contributed by atoms with van der Waals surface area (Å²) in [7, 11) is 1.59. The maximum atomic E-state index is 5.05. The Morgan fingerprint density at radius 3 is 2.58 bits per heavy atom. The minimum Gasteiger partial charge on any atom is -0.481 e. The summed E-state index contributed by atoms with van der Waals surface area (Å²) in [5.41, 5.74) is 6.51. The van der Waals surface area contributed by atoms with Crippen molar-refractivity contribution in [3.05, 3.63) is 59.8 Å². The molecule has 0 atom stereocenters. The fourth-order valence-corrected chi connectivity index (χ4v) is 1.88. The minimum absolute atomic E-state index is 0.581. The lowest BCUT2D eigenvalue weighted by Gasteiger charge is -2.02. The van der Waals surface area contributed by atoms with Gasteiger partial charge in [-0.1, -0.05) is 35.8 Å². The summed E-state index contributed by atoms with van der Waals surface area (Å²) in [6.07, 6.45) is 1.74. The second-order valence-corrected chi connectivity index (χ2v) is 3.99. The van der Waals surface area contributed by atoms with Gasteiger partial charge in [-0.05, 0) is 6.07 Å². The van der Waals surface area contributed by atoms with Gasteiger partial charge in [0.2, 0.25) is 5.88 Å². The number of ether oxygens (including phenoxy) is 1. The molecule has 1 aliphatic rings. The molecule has 0 saturated heterocycles. The number of aromatic nitrogens is 1. The normalized spacial score (nSPS) is 13.5. The highest BCUT2D eigenvalue weighted by molar-refractivity contribution is 5.89. The highest BCUT2D eigenvalue weighted by atomic mass is 16.5. The van der Waals surface area contributed by atoms with Gasteiger partial charge in [0.15, 0.2) is 5.70 Å². The quantitative estimate of drug-likeness (QED) is 0.911. The van der Waals surface area contributed by atoms with E-state index in [9.17, 15) is 0 Å². The van der Waals surface area contributed by atoms with Gasteiger partial charge < -0.3 is 4.74 Å². The van der Waals surface area contributed by atoms with E-state index < -0.39 is 0 Å². The van der Waals surface area contributed by atoms with E-state index in [2.05, 4.69) is 20.7 Å². The molecular weight excluding hydrogens is 240 g/mol. The Balaban J connectivity index is 2.02. The molecular formula is C14H12N4O+. The van der Waals surface area contributed by atoms with Crippen LogP contribution in [0, 0.1) is 0 Å². The van der Waals surface area contributed by atoms with E-state index in [1.165, 1.54) is 0 Å². The number of nitrogens with zero attached hydrogens (tertiary/aromatic N) is 3. The first-order valence-corrected chi connectivity index (χ1v) is 5.85. The Kier molecular flexibility index (Phi) is 2.94. The lowest BCUT2D eigenvalue weighted by atomic mass is 10.1. The van der Waals surface area contributed by atoms with Gasteiger partial charge in [0.25, 0.3) is 0 Å². The molecule has 1 aliphatic heterocycles. The summed E-state index contributed by atoms with van der Waals surface area (Å²) in [5, 5.41) is 8.02. The van der Waals surface area contributed by atoms with Crippen molar-refractivity contribution >= 4 is 11.4 Å². The number of benzene rings is 1. The molecule has 19 heavy (non-hydrogen) atoms. The van der Waals surface area contributed by atoms with E-state index in [1.807, 2.05) is 42.5 Å². The van der Waals surface area contributed by atoms with Gasteiger partial charge in [-0.15, -0.1) is 0 Å². The van der Waals surface area contributed by atoms with Gasteiger partial charge in [0.1, 0.15) is 10.8 Å². The molecule has 5 heteroatoms. The first-order chi connectivity index (χ1) is 9.38. The molecule has 1 N–H and O–H groups in total. The average molecular weight is 252 g/mol. The predicted octanol–water partition coefficient (Wildman–Crippen LogP) is 2.22. The van der Waals surface area contributed by atoms with Crippen molar-refractivity contribution in [1.82, 2.24) is 15.6 Å². The van der Waals surface area contributed by atoms with Crippen LogP contribution < -0.4 is 15.4 Å². The van der Waals surface area contributed by atoms with E-state index in [4.69, 9.17) is 4.74 Å². The lowest BCUT2D eigenvalue weighted by Crippen LogP contribution is -2.08. The van der Waals surface area contributed by atoms with E-state index in [0.29, 0.717) is 5.88 Å². The van der Waals surface area contributed by atoms with Gasteiger partial charge in [0, 0.05) is 23.4 Å². The standard InChI is InChI=1S/C14H12N4O/c1-19-12-8-7-11(9-15-12)14-13(16-18-17-14)10-5-3-2-4-6-10/h2-9H,1H3,(H,16,17)/q+1. The van der Waals surface area contributed by atoms with Crippen LogP contribution in [0.3, 0.4) is 0 Å². The van der Waals surface area contributed by atoms with Crippen LogP contribution in [0.4, 0.5) is 0 Å². The number of nitrogens with one attached hydrogen (secondary N) is 1. The summed E-state index contributed by atoms with van der Waals surface area (Å²) in [4.78, 5) is 4.19. The third-order valence-electron chi connectivity index (χ3n) is 2.83. The van der Waals surface area contributed by atoms with Crippen molar-refractivity contribution in [1.29, 1.82) is 0 Å². The van der Waals surface area contributed by atoms with Gasteiger partial charge in [-0.2, -0.15) is 0 Å². The first-order valence-electron chi connectivity index (χ1n) is 5.85. The lowest BCUT2D eigenvalue weighted by molar-refractivity contribution is 0.398. The number of pyridine rings is 1. The Bertz CT molecular complexity index is 632. The molecule has 0 aliphatic carbocycles. The molecule has 0 spiro atoms. The van der Waals surface area contributed by atoms with Gasteiger partial charge in [-0.25, -0.2) is 4.98 Å². The Labute approximate surface area is 110 Å². The second-order valence-electron chi connectivity index (χ2n) is 3.99. The summed E-state index contributed by atoms with van der Waals surface area (Å²) in [5.74, 6) is 0.581. The molecule has 2 heterocycles. The third-order valence-corrected chi connectivity index (χ3v) is 2.83. The Hall–Kier alpha value is -2.69. The first kappa shape index (κ1) is 11.4. The molecule has 1 aromatic carbocycles. The van der Waals surface area contributed by atoms with E-state index in [-0.39, 0.29) is 0 Å². The van der Waals surface area contributed by atoms with Crippen LogP contribution in [0.25, 0.3) is 11.4 Å². The highest BCUT2D eigenvalue weighted by Gasteiger charge is 2.24. The molecule has 0 bridgehead atoms. The monoisotopic (exact) mass is 252 g/mol. The zero-order valence-corrected chi connectivity index (χ0v) is 10.4. The third kappa shape index (κ3) is 2.18. The second kappa shape index (κ2) is 4.89. The highest BCUT2D eigenvalue weighted by Crippen LogP contribution is 2.27. The summed E-state index contributed by atoms with van der Waals surface area (Å²) in [6, 6.07) is 13.6. The molecule has 0 amide bonds. The van der Waals surface area contributed by atoms with Crippen molar-refractivity contribution < 1.29 is 4.74 Å². The predicted molar refractivity (Wildman–Crippen MR) is 71.7 cm³/mol. The average Bonchev–Trinajstić information content (AvgIpc) is 2.98. The number of hydrogen-bond donors (Lipinski definition) is 1. The molecule has 93 valence electrons. The molecule has 5 nitrogen and oxygen atoms in total. The molecule has 1 aromatic heterocycles. The molecule has 0 saturated carbocycles. The number of methoxy groups -OCH3 is 1. The zero-order valence-electron chi connectivity index (χ0n) is 10.4. The van der Waals surface area contributed by atoms with Crippen molar-refractivity contribution in [2.75, 3.05) is 7.11 Å². The van der Waals surface area contributed by atoms with Crippen LogP contribution in [0.1, 0.15) is 11.1 Å². The maximum Gasteiger partial charge on any atom is 0.331 e. The van der Waals surface area contributed by atoms with Crippen molar-refractivity contribution in [3.8, 4) is 5.88 Å². The van der Waals surface area contributed by atoms with Crippen LogP contribution in [0.2, 0.25) is 0 Å². The molecule has 2 aromatic rings. The summed E-state index contributed by atoms with van der Waals surface area (Å²) in [6.45, 7) is 0. The molecule has 3 rings (SSSR count). The molecule has 0 fully saturated rings. The van der Waals surface area contributed by atoms with Gasteiger partial charge in [-0.3, -0.25) is 0 Å². The van der Waals surface area contributed by atoms with E-state index in [0.717, 1.165) is 22.5 Å². The summed E-state index contributed by atoms with van der Waals surface area (Å²) >= 11 is 0. The van der Waals surface area contributed by atoms with Crippen molar-refractivity contribution in [2.24, 2.45) is 5.11 Å². The maximum absolute atomic E-state index is 5.05. The molecule has 0 unspecified atom stereocenters. The van der Waals surface area contributed by atoms with Crippen molar-refractivity contribution in [3.63, 3.8) is 0 Å². The number of hydrogen-bond acceptors (Lipinski definition) is 5. The van der Waals surface area contributed by atoms with Crippen LogP contribution in [0.15, 0.2) is 53.8 Å². The Morgan fingerprint density at radius 1 is 1.05 bits per heavy atom. The van der Waals surface area contributed by atoms with E-state index in [1.54, 1.807) is 13.3 Å². The van der Waals surface area contributed by atoms with Gasteiger partial charge >= 0.3 is 5.22 Å². The van der Waals surface area contributed by atoms with Crippen LogP contribution in [-0.2, 0) is 0 Å². The van der Waals surface area contributed by atoms with Crippen LogP contribution >= 0.6 is 0 Å². The fraction of sp³-hybridized carbons (Fsp3) is 0.0714. The topological polar surface area (TPSA) is 60.6 Å². The number of rotatable bonds is 3. The summed E-state index contributed by atoms with van der Waals surface area (Å²) < 4.78 is 5.05. The minimum atomic E-state index is 0.581. The Morgan fingerprint density at radius 2 is 1.89 bits per heavy atom. The smallest absolute Gasteiger partial charge is 0.331 e. The van der Waals surface area contributed by atoms with Crippen LogP contribution in [0.5, 0.6) is 5.88 Å².